The molecule has 1 N–H and O–H groups in total. The van der Waals surface area contributed by atoms with Gasteiger partial charge in [-0.2, -0.15) is 0 Å². The number of benzene rings is 2. The zero-order chi connectivity index (χ0) is 14.5. The van der Waals surface area contributed by atoms with E-state index < -0.39 is 0 Å². The minimum Gasteiger partial charge on any atom is -0.303 e. The molecule has 0 radical (unpaired) electrons. The van der Waals surface area contributed by atoms with Crippen LogP contribution < -0.4 is 5.32 Å². The summed E-state index contributed by atoms with van der Waals surface area (Å²) in [5.74, 6) is -0.192. The van der Waals surface area contributed by atoms with Gasteiger partial charge in [0, 0.05) is 16.6 Å². The molecule has 0 aliphatic heterocycles. The fourth-order valence-corrected chi connectivity index (χ4v) is 2.99. The van der Waals surface area contributed by atoms with Crippen LogP contribution in [0.1, 0.15) is 43.5 Å². The molecule has 0 saturated heterocycles. The first-order valence-corrected chi connectivity index (χ1v) is 7.67. The Bertz CT molecular complexity index is 553. The molecule has 20 heavy (non-hydrogen) atoms. The van der Waals surface area contributed by atoms with E-state index in [0.717, 1.165) is 16.5 Å². The molecular formula is C17H19BrFN. The Morgan fingerprint density at radius 3 is 2.35 bits per heavy atom. The molecule has 0 heterocycles. The maximum atomic E-state index is 13.0. The lowest BCUT2D eigenvalue weighted by atomic mass is 10.0. The molecule has 3 heteroatoms. The molecule has 2 rings (SSSR count). The number of rotatable bonds is 5. The van der Waals surface area contributed by atoms with Crippen LogP contribution in [-0.4, -0.2) is 0 Å². The molecule has 0 spiro atoms. The lowest BCUT2D eigenvalue weighted by Crippen LogP contribution is -2.24. The number of halogens is 2. The highest BCUT2D eigenvalue weighted by molar-refractivity contribution is 9.10. The number of hydrogen-bond donors (Lipinski definition) is 1. The van der Waals surface area contributed by atoms with Crippen molar-refractivity contribution in [3.63, 3.8) is 0 Å². The van der Waals surface area contributed by atoms with E-state index in [1.54, 1.807) is 0 Å². The molecule has 0 aliphatic carbocycles. The van der Waals surface area contributed by atoms with Gasteiger partial charge in [0.05, 0.1) is 0 Å². The fraction of sp³-hybridized carbons (Fsp3) is 0.294. The van der Waals surface area contributed by atoms with Crippen LogP contribution in [0.2, 0.25) is 0 Å². The van der Waals surface area contributed by atoms with Gasteiger partial charge in [0.25, 0.3) is 0 Å². The van der Waals surface area contributed by atoms with Crippen molar-refractivity contribution in [2.75, 3.05) is 0 Å². The van der Waals surface area contributed by atoms with Gasteiger partial charge in [-0.15, -0.1) is 0 Å². The van der Waals surface area contributed by atoms with Crippen LogP contribution in [-0.2, 0) is 0 Å². The molecule has 0 amide bonds. The third-order valence-electron chi connectivity index (χ3n) is 3.50. The largest absolute Gasteiger partial charge is 0.303 e. The summed E-state index contributed by atoms with van der Waals surface area (Å²) in [7, 11) is 0. The van der Waals surface area contributed by atoms with E-state index in [-0.39, 0.29) is 17.9 Å². The van der Waals surface area contributed by atoms with Crippen LogP contribution in [0.15, 0.2) is 53.0 Å². The third kappa shape index (κ3) is 3.68. The summed E-state index contributed by atoms with van der Waals surface area (Å²) in [6.07, 6.45) is 0.959. The Labute approximate surface area is 128 Å². The Hall–Kier alpha value is -1.19. The van der Waals surface area contributed by atoms with E-state index in [0.29, 0.717) is 0 Å². The van der Waals surface area contributed by atoms with E-state index in [2.05, 4.69) is 41.2 Å². The highest BCUT2D eigenvalue weighted by atomic mass is 79.9. The van der Waals surface area contributed by atoms with E-state index in [1.807, 2.05) is 30.3 Å². The second-order valence-electron chi connectivity index (χ2n) is 4.92. The van der Waals surface area contributed by atoms with Crippen LogP contribution in [0.3, 0.4) is 0 Å². The van der Waals surface area contributed by atoms with Crippen LogP contribution in [0, 0.1) is 5.82 Å². The van der Waals surface area contributed by atoms with Crippen molar-refractivity contribution in [2.45, 2.75) is 32.4 Å². The third-order valence-corrected chi connectivity index (χ3v) is 4.23. The van der Waals surface area contributed by atoms with E-state index in [9.17, 15) is 4.39 Å². The van der Waals surface area contributed by atoms with Gasteiger partial charge < -0.3 is 5.32 Å². The van der Waals surface area contributed by atoms with Crippen LogP contribution in [0.25, 0.3) is 0 Å². The normalized spacial score (nSPS) is 14.0. The quantitative estimate of drug-likeness (QED) is 0.772. The summed E-state index contributed by atoms with van der Waals surface area (Å²) in [4.78, 5) is 0. The average molecular weight is 336 g/mol. The minimum atomic E-state index is -0.192. The summed E-state index contributed by atoms with van der Waals surface area (Å²) >= 11 is 3.58. The summed E-state index contributed by atoms with van der Waals surface area (Å²) < 4.78 is 14.1. The average Bonchev–Trinajstić information content (AvgIpc) is 2.46. The number of nitrogens with one attached hydrogen (secondary N) is 1. The predicted molar refractivity (Wildman–Crippen MR) is 85.1 cm³/mol. The fourth-order valence-electron chi connectivity index (χ4n) is 2.36. The van der Waals surface area contributed by atoms with Gasteiger partial charge in [0.15, 0.2) is 0 Å². The van der Waals surface area contributed by atoms with Gasteiger partial charge in [-0.25, -0.2) is 4.39 Å². The summed E-state index contributed by atoms with van der Waals surface area (Å²) in [5, 5.41) is 3.61. The molecule has 2 aromatic rings. The first-order chi connectivity index (χ1) is 9.61. The molecule has 2 unspecified atom stereocenters. The second kappa shape index (κ2) is 7.00. The summed E-state index contributed by atoms with van der Waals surface area (Å²) in [5.41, 5.74) is 2.35. The molecule has 2 aromatic carbocycles. The Morgan fingerprint density at radius 2 is 1.75 bits per heavy atom. The molecule has 1 nitrogen and oxygen atoms in total. The van der Waals surface area contributed by atoms with Crippen molar-refractivity contribution in [1.29, 1.82) is 0 Å². The zero-order valence-corrected chi connectivity index (χ0v) is 13.3. The van der Waals surface area contributed by atoms with E-state index in [4.69, 9.17) is 0 Å². The van der Waals surface area contributed by atoms with Crippen LogP contribution in [0.4, 0.5) is 4.39 Å². The maximum Gasteiger partial charge on any atom is 0.123 e. The van der Waals surface area contributed by atoms with Crippen LogP contribution in [0.5, 0.6) is 0 Å². The lowest BCUT2D eigenvalue weighted by molar-refractivity contribution is 0.455. The first kappa shape index (κ1) is 15.2. The lowest BCUT2D eigenvalue weighted by Gasteiger charge is -2.24. The molecule has 0 fully saturated rings. The topological polar surface area (TPSA) is 12.0 Å². The first-order valence-electron chi connectivity index (χ1n) is 6.87. The predicted octanol–water partition coefficient (Wildman–Crippen LogP) is 5.39. The summed E-state index contributed by atoms with van der Waals surface area (Å²) in [6, 6.07) is 15.4. The van der Waals surface area contributed by atoms with Crippen LogP contribution >= 0.6 is 15.9 Å². The molecule has 0 saturated carbocycles. The van der Waals surface area contributed by atoms with E-state index >= 15 is 0 Å². The van der Waals surface area contributed by atoms with Gasteiger partial charge in [0.2, 0.25) is 0 Å². The van der Waals surface area contributed by atoms with Gasteiger partial charge in [-0.3, -0.25) is 0 Å². The van der Waals surface area contributed by atoms with Crippen molar-refractivity contribution in [2.24, 2.45) is 0 Å². The molecule has 0 aromatic heterocycles. The highest BCUT2D eigenvalue weighted by Gasteiger charge is 2.15. The van der Waals surface area contributed by atoms with Gasteiger partial charge in [-0.1, -0.05) is 53.2 Å². The molecular weight excluding hydrogens is 317 g/mol. The maximum absolute atomic E-state index is 13.0. The van der Waals surface area contributed by atoms with Crippen molar-refractivity contribution in [1.82, 2.24) is 5.32 Å². The second-order valence-corrected chi connectivity index (χ2v) is 5.78. The number of hydrogen-bond acceptors (Lipinski definition) is 1. The minimum absolute atomic E-state index is 0.192. The Balaban J connectivity index is 2.14. The smallest absolute Gasteiger partial charge is 0.123 e. The zero-order valence-electron chi connectivity index (χ0n) is 11.7. The van der Waals surface area contributed by atoms with Crippen molar-refractivity contribution >= 4 is 15.9 Å². The molecule has 0 bridgehead atoms. The van der Waals surface area contributed by atoms with Crippen molar-refractivity contribution < 1.29 is 4.39 Å². The molecule has 106 valence electrons. The molecule has 2 atom stereocenters. The van der Waals surface area contributed by atoms with Crippen molar-refractivity contribution in [3.05, 3.63) is 69.9 Å². The Kier molecular flexibility index (Phi) is 5.32. The standard InChI is InChI=1S/C17H19BrFN/c1-3-17(13-8-10-14(19)11-9-13)20-12(2)15-6-4-5-7-16(15)18/h4-12,17,20H,3H2,1-2H3. The Morgan fingerprint density at radius 1 is 1.10 bits per heavy atom. The molecule has 0 aliphatic rings. The van der Waals surface area contributed by atoms with Gasteiger partial charge in [0.1, 0.15) is 5.82 Å². The highest BCUT2D eigenvalue weighted by Crippen LogP contribution is 2.26. The monoisotopic (exact) mass is 335 g/mol. The van der Waals surface area contributed by atoms with E-state index in [1.165, 1.54) is 17.7 Å². The SMILES string of the molecule is CCC(NC(C)c1ccccc1Br)c1ccc(F)cc1. The van der Waals surface area contributed by atoms with Gasteiger partial charge in [-0.05, 0) is 42.7 Å². The summed E-state index contributed by atoms with van der Waals surface area (Å²) in [6.45, 7) is 4.28. The van der Waals surface area contributed by atoms with Crippen molar-refractivity contribution in [3.8, 4) is 0 Å². The van der Waals surface area contributed by atoms with Gasteiger partial charge >= 0.3 is 0 Å².